The summed E-state index contributed by atoms with van der Waals surface area (Å²) in [6.07, 6.45) is 4.12. The first kappa shape index (κ1) is 12.0. The predicted molar refractivity (Wildman–Crippen MR) is 43.3 cm³/mol. The van der Waals surface area contributed by atoms with Gasteiger partial charge >= 0.3 is 29.6 Å². The summed E-state index contributed by atoms with van der Waals surface area (Å²) in [4.78, 5) is 21.7. The number of aromatic nitrogens is 2. The fourth-order valence-electron chi connectivity index (χ4n) is 0.584. The van der Waals surface area contributed by atoms with Gasteiger partial charge < -0.3 is 12.9 Å². The number of guanidine groups is 1. The van der Waals surface area contributed by atoms with Crippen molar-refractivity contribution in [3.05, 3.63) is 24.3 Å². The van der Waals surface area contributed by atoms with E-state index in [-0.39, 0.29) is 42.6 Å². The van der Waals surface area contributed by atoms with Crippen molar-refractivity contribution >= 4 is 11.9 Å². The van der Waals surface area contributed by atoms with Crippen molar-refractivity contribution in [1.82, 2.24) is 9.97 Å². The number of rotatable bonds is 1. The zero-order valence-corrected chi connectivity index (χ0v) is 9.14. The Kier molecular flexibility index (Phi) is 5.20. The molecule has 0 fully saturated rings. The molecule has 1 amide bonds. The van der Waals surface area contributed by atoms with Crippen LogP contribution in [0.4, 0.5) is 0 Å². The van der Waals surface area contributed by atoms with E-state index >= 15 is 0 Å². The molecule has 4 N–H and O–H groups in total. The van der Waals surface area contributed by atoms with Crippen molar-refractivity contribution in [1.29, 1.82) is 0 Å². The molecule has 0 aliphatic carbocycles. The van der Waals surface area contributed by atoms with E-state index < -0.39 is 5.91 Å². The number of nitrogens with zero attached hydrogens (tertiary/aromatic N) is 3. The molecule has 0 unspecified atom stereocenters. The van der Waals surface area contributed by atoms with E-state index in [4.69, 9.17) is 11.5 Å². The van der Waals surface area contributed by atoms with Crippen LogP contribution in [-0.2, 0) is 0 Å². The molecular formula is C6H8N5NaO. The van der Waals surface area contributed by atoms with Gasteiger partial charge in [-0.3, -0.25) is 9.78 Å². The van der Waals surface area contributed by atoms with Crippen LogP contribution in [0.25, 0.3) is 0 Å². The van der Waals surface area contributed by atoms with Crippen LogP contribution >= 0.6 is 0 Å². The van der Waals surface area contributed by atoms with Crippen molar-refractivity contribution in [3.63, 3.8) is 0 Å². The first-order valence-corrected chi connectivity index (χ1v) is 3.10. The quantitative estimate of drug-likeness (QED) is 0.266. The first-order chi connectivity index (χ1) is 5.70. The zero-order valence-electron chi connectivity index (χ0n) is 8.14. The minimum atomic E-state index is -0.594. The van der Waals surface area contributed by atoms with E-state index in [2.05, 4.69) is 15.0 Å². The van der Waals surface area contributed by atoms with Gasteiger partial charge in [0.1, 0.15) is 5.69 Å². The molecule has 0 radical (unpaired) electrons. The van der Waals surface area contributed by atoms with Crippen molar-refractivity contribution in [3.8, 4) is 0 Å². The second kappa shape index (κ2) is 5.63. The molecule has 0 atom stereocenters. The summed E-state index contributed by atoms with van der Waals surface area (Å²) in [5.41, 5.74) is 10.1. The Morgan fingerprint density at radius 3 is 2.62 bits per heavy atom. The Balaban J connectivity index is 0. The van der Waals surface area contributed by atoms with Gasteiger partial charge in [-0.2, -0.15) is 4.99 Å². The number of aliphatic imine (C=N–C) groups is 1. The Morgan fingerprint density at radius 1 is 1.46 bits per heavy atom. The maximum absolute atomic E-state index is 11.0. The van der Waals surface area contributed by atoms with E-state index in [1.54, 1.807) is 0 Å². The van der Waals surface area contributed by atoms with Gasteiger partial charge in [0.15, 0.2) is 5.96 Å². The molecule has 0 saturated heterocycles. The van der Waals surface area contributed by atoms with E-state index in [0.717, 1.165) is 0 Å². The predicted octanol–water partition coefficient (Wildman–Crippen LogP) is -3.99. The van der Waals surface area contributed by atoms with Crippen LogP contribution in [0.2, 0.25) is 0 Å². The van der Waals surface area contributed by atoms with Crippen LogP contribution in [-0.4, -0.2) is 21.8 Å². The molecule has 0 aliphatic rings. The van der Waals surface area contributed by atoms with Gasteiger partial charge in [0, 0.05) is 12.4 Å². The van der Waals surface area contributed by atoms with Crippen molar-refractivity contribution < 1.29 is 35.8 Å². The molecule has 0 aliphatic heterocycles. The third-order valence-corrected chi connectivity index (χ3v) is 1.01. The van der Waals surface area contributed by atoms with Gasteiger partial charge in [0.25, 0.3) is 5.91 Å². The second-order valence-electron chi connectivity index (χ2n) is 1.93. The normalized spacial score (nSPS) is 8.31. The third kappa shape index (κ3) is 3.97. The Bertz CT molecular complexity index is 313. The Morgan fingerprint density at radius 2 is 2.15 bits per heavy atom. The molecule has 0 spiro atoms. The number of nitrogens with two attached hydrogens (primary N) is 2. The fourth-order valence-corrected chi connectivity index (χ4v) is 0.584. The Labute approximate surface area is 98.2 Å². The summed E-state index contributed by atoms with van der Waals surface area (Å²) < 4.78 is 0. The average molecular weight is 189 g/mol. The zero-order chi connectivity index (χ0) is 8.97. The van der Waals surface area contributed by atoms with Crippen molar-refractivity contribution in [2.24, 2.45) is 16.5 Å². The molecular weight excluding hydrogens is 181 g/mol. The minimum Gasteiger partial charge on any atom is -1.00 e. The maximum atomic E-state index is 11.0. The standard InChI is InChI=1S/C6H7N5O.Na.H/c7-6(8)11-5(12)4-3-9-1-2-10-4;;/h1-3H,(H4,7,8,11,12);;/q;+1;-1. The molecule has 0 aromatic carbocycles. The summed E-state index contributed by atoms with van der Waals surface area (Å²) in [6.45, 7) is 0. The van der Waals surface area contributed by atoms with Gasteiger partial charge in [-0.25, -0.2) is 4.98 Å². The van der Waals surface area contributed by atoms with Crippen LogP contribution in [0, 0.1) is 0 Å². The molecule has 1 aromatic heterocycles. The number of amides is 1. The summed E-state index contributed by atoms with van der Waals surface area (Å²) in [5, 5.41) is 0. The summed E-state index contributed by atoms with van der Waals surface area (Å²) in [7, 11) is 0. The molecule has 1 heterocycles. The molecule has 13 heavy (non-hydrogen) atoms. The maximum Gasteiger partial charge on any atom is 1.00 e. The smallest absolute Gasteiger partial charge is 1.00 e. The van der Waals surface area contributed by atoms with Crippen LogP contribution in [0.15, 0.2) is 23.6 Å². The van der Waals surface area contributed by atoms with E-state index in [9.17, 15) is 4.79 Å². The second-order valence-corrected chi connectivity index (χ2v) is 1.93. The fraction of sp³-hybridized carbons (Fsp3) is 0. The molecule has 1 aromatic rings. The topological polar surface area (TPSA) is 107 Å². The van der Waals surface area contributed by atoms with Gasteiger partial charge in [-0.15, -0.1) is 0 Å². The molecule has 0 bridgehead atoms. The number of carbonyl (C=O) groups is 1. The summed E-state index contributed by atoms with van der Waals surface area (Å²) in [6, 6.07) is 0. The molecule has 7 heteroatoms. The van der Waals surface area contributed by atoms with Gasteiger partial charge in [0.05, 0.1) is 6.20 Å². The molecule has 1 rings (SSSR count). The largest absolute Gasteiger partial charge is 1.00 e. The van der Waals surface area contributed by atoms with Gasteiger partial charge in [-0.1, -0.05) is 0 Å². The summed E-state index contributed by atoms with van der Waals surface area (Å²) >= 11 is 0. The number of carbonyl (C=O) groups excluding carboxylic acids is 1. The minimum absolute atomic E-state index is 0. The first-order valence-electron chi connectivity index (χ1n) is 3.10. The van der Waals surface area contributed by atoms with E-state index in [1.807, 2.05) is 0 Å². The molecule has 6 nitrogen and oxygen atoms in total. The van der Waals surface area contributed by atoms with E-state index in [0.29, 0.717) is 0 Å². The molecule has 64 valence electrons. The van der Waals surface area contributed by atoms with Crippen LogP contribution < -0.4 is 41.0 Å². The van der Waals surface area contributed by atoms with Crippen LogP contribution in [0.3, 0.4) is 0 Å². The van der Waals surface area contributed by atoms with Crippen LogP contribution in [0.1, 0.15) is 11.9 Å². The molecule has 0 saturated carbocycles. The number of hydrogen-bond acceptors (Lipinski definition) is 3. The number of hydrogen-bond donors (Lipinski definition) is 2. The van der Waals surface area contributed by atoms with Crippen molar-refractivity contribution in [2.75, 3.05) is 0 Å². The van der Waals surface area contributed by atoms with Crippen molar-refractivity contribution in [2.45, 2.75) is 0 Å². The monoisotopic (exact) mass is 189 g/mol. The summed E-state index contributed by atoms with van der Waals surface area (Å²) in [5.74, 6) is -0.881. The van der Waals surface area contributed by atoms with Gasteiger partial charge in [0.2, 0.25) is 0 Å². The Hall–Kier alpha value is -0.980. The van der Waals surface area contributed by atoms with E-state index in [1.165, 1.54) is 18.6 Å². The van der Waals surface area contributed by atoms with Crippen LogP contribution in [0.5, 0.6) is 0 Å². The third-order valence-electron chi connectivity index (χ3n) is 1.01. The average Bonchev–Trinajstić information content (AvgIpc) is 2.05. The van der Waals surface area contributed by atoms with Gasteiger partial charge in [-0.05, 0) is 0 Å². The SMILES string of the molecule is NC(N)=NC(=O)c1cnccn1.[H-].[Na+].